The topological polar surface area (TPSA) is 95.9 Å². The van der Waals surface area contributed by atoms with Crippen molar-refractivity contribution < 1.29 is 24.5 Å². The summed E-state index contributed by atoms with van der Waals surface area (Å²) >= 11 is 0. The summed E-state index contributed by atoms with van der Waals surface area (Å²) in [5.41, 5.74) is 0. The van der Waals surface area contributed by atoms with Crippen LogP contribution in [0.4, 0.5) is 0 Å². The fraction of sp³-hybridized carbons (Fsp3) is 0.900. The first-order chi connectivity index (χ1) is 32.5. The molecule has 0 saturated heterocycles. The minimum Gasteiger partial charge on any atom is -0.466 e. The van der Waals surface area contributed by atoms with Crippen molar-refractivity contribution in [3.8, 4) is 0 Å². The fourth-order valence-corrected chi connectivity index (χ4v) is 9.16. The highest BCUT2D eigenvalue weighted by atomic mass is 16.5. The third-order valence-corrected chi connectivity index (χ3v) is 13.7. The third-order valence-electron chi connectivity index (χ3n) is 13.7. The van der Waals surface area contributed by atoms with E-state index in [1.165, 1.54) is 250 Å². The van der Waals surface area contributed by atoms with E-state index in [2.05, 4.69) is 31.3 Å². The van der Waals surface area contributed by atoms with E-state index in [0.717, 1.165) is 44.9 Å². The van der Waals surface area contributed by atoms with E-state index in [0.29, 0.717) is 19.4 Å². The Labute approximate surface area is 411 Å². The monoisotopic (exact) mass is 930 g/mol. The van der Waals surface area contributed by atoms with Crippen LogP contribution in [-0.4, -0.2) is 47.4 Å². The van der Waals surface area contributed by atoms with Gasteiger partial charge in [-0.1, -0.05) is 276 Å². The summed E-state index contributed by atoms with van der Waals surface area (Å²) in [5.74, 6) is -0.0762. The Morgan fingerprint density at radius 3 is 1.11 bits per heavy atom. The molecule has 0 bridgehead atoms. The molecule has 0 rings (SSSR count). The normalized spacial score (nSPS) is 12.7. The maximum atomic E-state index is 12.5. The summed E-state index contributed by atoms with van der Waals surface area (Å²) in [6, 6.07) is -0.632. The Morgan fingerprint density at radius 1 is 0.409 bits per heavy atom. The molecule has 1 amide bonds. The van der Waals surface area contributed by atoms with Gasteiger partial charge in [0, 0.05) is 12.8 Å². The van der Waals surface area contributed by atoms with Crippen LogP contribution in [0.5, 0.6) is 0 Å². The number of carbonyl (C=O) groups excluding carboxylic acids is 2. The Morgan fingerprint density at radius 2 is 0.712 bits per heavy atom. The van der Waals surface area contributed by atoms with Crippen molar-refractivity contribution in [2.75, 3.05) is 13.2 Å². The lowest BCUT2D eigenvalue weighted by molar-refractivity contribution is -0.143. The van der Waals surface area contributed by atoms with E-state index in [1.807, 2.05) is 6.08 Å². The lowest BCUT2D eigenvalue weighted by Gasteiger charge is -2.20. The van der Waals surface area contributed by atoms with Gasteiger partial charge in [0.1, 0.15) is 0 Å². The molecule has 2 atom stereocenters. The predicted octanol–water partition coefficient (Wildman–Crippen LogP) is 18.2. The van der Waals surface area contributed by atoms with Gasteiger partial charge in [0.25, 0.3) is 0 Å². The summed E-state index contributed by atoms with van der Waals surface area (Å²) in [5, 5.41) is 23.2. The highest BCUT2D eigenvalue weighted by molar-refractivity contribution is 5.76. The first kappa shape index (κ1) is 64.3. The molecular weight excluding hydrogens is 815 g/mol. The number of aliphatic hydroxyl groups is 2. The van der Waals surface area contributed by atoms with Crippen molar-refractivity contribution in [1.29, 1.82) is 0 Å². The van der Waals surface area contributed by atoms with E-state index in [1.54, 1.807) is 6.08 Å². The van der Waals surface area contributed by atoms with Crippen molar-refractivity contribution in [2.24, 2.45) is 0 Å². The number of ether oxygens (including phenoxy) is 1. The molecule has 0 aliphatic carbocycles. The second kappa shape index (κ2) is 55.9. The van der Waals surface area contributed by atoms with Gasteiger partial charge in [-0.3, -0.25) is 9.59 Å². The quantitative estimate of drug-likeness (QED) is 0.0321. The van der Waals surface area contributed by atoms with Crippen LogP contribution >= 0.6 is 0 Å². The number of unbranched alkanes of at least 4 members (excludes halogenated alkanes) is 42. The van der Waals surface area contributed by atoms with E-state index in [9.17, 15) is 19.8 Å². The number of allylic oxidation sites excluding steroid dienone is 3. The van der Waals surface area contributed by atoms with Gasteiger partial charge < -0.3 is 20.3 Å². The number of rotatable bonds is 55. The Bertz CT molecular complexity index is 1030. The number of amides is 1. The molecule has 3 N–H and O–H groups in total. The molecular formula is C60H115NO5. The van der Waals surface area contributed by atoms with E-state index in [4.69, 9.17) is 4.74 Å². The van der Waals surface area contributed by atoms with E-state index < -0.39 is 12.1 Å². The van der Waals surface area contributed by atoms with Crippen molar-refractivity contribution in [2.45, 2.75) is 334 Å². The maximum absolute atomic E-state index is 12.5. The summed E-state index contributed by atoms with van der Waals surface area (Å²) in [4.78, 5) is 24.5. The number of hydrogen-bond donors (Lipinski definition) is 3. The third kappa shape index (κ3) is 51.7. The van der Waals surface area contributed by atoms with Crippen LogP contribution in [0, 0.1) is 0 Å². The van der Waals surface area contributed by atoms with Crippen LogP contribution in [0.2, 0.25) is 0 Å². The van der Waals surface area contributed by atoms with Crippen LogP contribution in [0.25, 0.3) is 0 Å². The molecule has 0 heterocycles. The first-order valence-corrected chi connectivity index (χ1v) is 29.6. The highest BCUT2D eigenvalue weighted by Crippen LogP contribution is 2.17. The molecule has 66 heavy (non-hydrogen) atoms. The lowest BCUT2D eigenvalue weighted by Crippen LogP contribution is -2.45. The number of aliphatic hydroxyl groups excluding tert-OH is 2. The SMILES string of the molecule is CCCCC/C=C\CCCCCCCC(=O)OCCCCCCCCCCCCCCCCCCCC(=O)NC(CO)C(O)/C=C/CCCCCCCCCCCCCCCCCCCC. The average Bonchev–Trinajstić information content (AvgIpc) is 3.32. The molecule has 0 saturated carbocycles. The number of hydrogen-bond acceptors (Lipinski definition) is 5. The summed E-state index contributed by atoms with van der Waals surface area (Å²) in [6.07, 6.45) is 67.7. The molecule has 6 nitrogen and oxygen atoms in total. The Balaban J connectivity index is 3.46. The zero-order valence-electron chi connectivity index (χ0n) is 44.4. The van der Waals surface area contributed by atoms with Gasteiger partial charge in [0.05, 0.1) is 25.4 Å². The molecule has 0 fully saturated rings. The lowest BCUT2D eigenvalue weighted by atomic mass is 10.0. The van der Waals surface area contributed by atoms with Crippen LogP contribution < -0.4 is 5.32 Å². The molecule has 0 aliphatic heterocycles. The number of esters is 1. The second-order valence-corrected chi connectivity index (χ2v) is 20.3. The maximum Gasteiger partial charge on any atom is 0.305 e. The fourth-order valence-electron chi connectivity index (χ4n) is 9.16. The molecule has 0 aromatic rings. The van der Waals surface area contributed by atoms with Crippen molar-refractivity contribution >= 4 is 11.9 Å². The van der Waals surface area contributed by atoms with Gasteiger partial charge >= 0.3 is 5.97 Å². The zero-order valence-corrected chi connectivity index (χ0v) is 44.4. The van der Waals surface area contributed by atoms with Gasteiger partial charge in [0.15, 0.2) is 0 Å². The molecule has 0 aromatic carbocycles. The molecule has 0 radical (unpaired) electrons. The van der Waals surface area contributed by atoms with Crippen molar-refractivity contribution in [3.05, 3.63) is 24.3 Å². The predicted molar refractivity (Wildman–Crippen MR) is 287 cm³/mol. The van der Waals surface area contributed by atoms with Crippen molar-refractivity contribution in [1.82, 2.24) is 5.32 Å². The van der Waals surface area contributed by atoms with E-state index in [-0.39, 0.29) is 18.5 Å². The van der Waals surface area contributed by atoms with Crippen LogP contribution in [0.1, 0.15) is 322 Å². The second-order valence-electron chi connectivity index (χ2n) is 20.3. The molecule has 0 aliphatic rings. The smallest absolute Gasteiger partial charge is 0.305 e. The summed E-state index contributed by atoms with van der Waals surface area (Å²) < 4.78 is 5.46. The molecule has 390 valence electrons. The minimum absolute atomic E-state index is 0.00531. The number of carbonyl (C=O) groups is 2. The minimum atomic E-state index is -0.849. The van der Waals surface area contributed by atoms with Crippen LogP contribution in [0.15, 0.2) is 24.3 Å². The van der Waals surface area contributed by atoms with Gasteiger partial charge in [-0.2, -0.15) is 0 Å². The molecule has 6 heteroatoms. The molecule has 0 aromatic heterocycles. The number of nitrogens with one attached hydrogen (secondary N) is 1. The van der Waals surface area contributed by atoms with E-state index >= 15 is 0 Å². The largest absolute Gasteiger partial charge is 0.466 e. The zero-order chi connectivity index (χ0) is 47.9. The summed E-state index contributed by atoms with van der Waals surface area (Å²) in [7, 11) is 0. The van der Waals surface area contributed by atoms with Crippen LogP contribution in [0.3, 0.4) is 0 Å². The average molecular weight is 931 g/mol. The van der Waals surface area contributed by atoms with Crippen molar-refractivity contribution in [3.63, 3.8) is 0 Å². The van der Waals surface area contributed by atoms with Gasteiger partial charge in [-0.15, -0.1) is 0 Å². The highest BCUT2D eigenvalue weighted by Gasteiger charge is 2.18. The van der Waals surface area contributed by atoms with Gasteiger partial charge in [-0.05, 0) is 57.8 Å². The first-order valence-electron chi connectivity index (χ1n) is 29.6. The van der Waals surface area contributed by atoms with Crippen LogP contribution in [-0.2, 0) is 14.3 Å². The Hall–Kier alpha value is -1.66. The van der Waals surface area contributed by atoms with Gasteiger partial charge in [-0.25, -0.2) is 0 Å². The summed E-state index contributed by atoms with van der Waals surface area (Å²) in [6.45, 7) is 4.88. The van der Waals surface area contributed by atoms with Gasteiger partial charge in [0.2, 0.25) is 5.91 Å². The molecule has 2 unspecified atom stereocenters. The molecule has 0 spiro atoms. The standard InChI is InChI=1S/C60H115NO5/c1-3-5-7-9-11-13-15-17-18-19-20-21-23-26-29-32-36-40-44-48-52-58(63)57(56-62)61-59(64)53-49-45-41-37-33-30-27-24-22-25-28-31-35-39-43-47-51-55-66-60(65)54-50-46-42-38-34-16-14-12-10-8-6-4-2/h12,14,48,52,57-58,62-63H,3-11,13,15-47,49-51,53-56H2,1-2H3,(H,61,64)/b14-12-,52-48+. The Kier molecular flexibility index (Phi) is 54.5.